The number of carbonyl (C=O) groups excluding carboxylic acids is 1. The van der Waals surface area contributed by atoms with Gasteiger partial charge >= 0.3 is 6.09 Å². The van der Waals surface area contributed by atoms with Crippen molar-refractivity contribution in [1.29, 1.82) is 5.26 Å². The molecule has 0 saturated carbocycles. The minimum absolute atomic E-state index is 0.157. The zero-order valence-electron chi connectivity index (χ0n) is 17.5. The number of carbonyl (C=O) groups is 1. The predicted molar refractivity (Wildman–Crippen MR) is 112 cm³/mol. The Balaban J connectivity index is 1.62. The highest BCUT2D eigenvalue weighted by molar-refractivity contribution is 5.80. The Morgan fingerprint density at radius 1 is 1.30 bits per heavy atom. The lowest BCUT2D eigenvalue weighted by Crippen LogP contribution is -2.53. The van der Waals surface area contributed by atoms with Crippen molar-refractivity contribution in [3.63, 3.8) is 0 Å². The number of likely N-dealkylation sites (tertiary alicyclic amines) is 1. The van der Waals surface area contributed by atoms with E-state index in [0.717, 1.165) is 5.39 Å². The van der Waals surface area contributed by atoms with Crippen LogP contribution in [0.3, 0.4) is 0 Å². The zero-order valence-corrected chi connectivity index (χ0v) is 17.5. The fourth-order valence-electron chi connectivity index (χ4n) is 3.62. The monoisotopic (exact) mass is 414 g/mol. The lowest BCUT2D eigenvalue weighted by molar-refractivity contribution is 0.0395. The highest BCUT2D eigenvalue weighted by Crippen LogP contribution is 2.17. The number of aromatic nitrogens is 1. The summed E-state index contributed by atoms with van der Waals surface area (Å²) in [6.45, 7) is 6.94. The number of nitrogens with one attached hydrogen (secondary N) is 1. The third-order valence-corrected chi connectivity index (χ3v) is 5.09. The van der Waals surface area contributed by atoms with E-state index in [4.69, 9.17) is 10.00 Å². The SMILES string of the molecule is CC(C)(C)OC(=O)N[C@H]1CCN(CCn2c(=O)ccc3ccc(C#N)cc32)C[C@H]1F. The molecule has 1 N–H and O–H groups in total. The summed E-state index contributed by atoms with van der Waals surface area (Å²) in [6.07, 6.45) is -1.37. The molecule has 1 aliphatic rings. The fourth-order valence-corrected chi connectivity index (χ4v) is 3.62. The van der Waals surface area contributed by atoms with E-state index in [2.05, 4.69) is 11.4 Å². The molecule has 2 aromatic rings. The van der Waals surface area contributed by atoms with Gasteiger partial charge in [0.25, 0.3) is 5.56 Å². The van der Waals surface area contributed by atoms with Gasteiger partial charge in [-0.1, -0.05) is 6.07 Å². The maximum Gasteiger partial charge on any atom is 0.407 e. The number of nitrogens with zero attached hydrogens (tertiary/aromatic N) is 3. The van der Waals surface area contributed by atoms with Crippen molar-refractivity contribution in [1.82, 2.24) is 14.8 Å². The molecule has 8 heteroatoms. The second-order valence-electron chi connectivity index (χ2n) is 8.57. The number of amides is 1. The average Bonchev–Trinajstić information content (AvgIpc) is 2.67. The Kier molecular flexibility index (Phi) is 6.42. The number of ether oxygens (including phenoxy) is 1. The first kappa shape index (κ1) is 21.8. The van der Waals surface area contributed by atoms with E-state index in [0.29, 0.717) is 37.1 Å². The van der Waals surface area contributed by atoms with Crippen LogP contribution in [0, 0.1) is 11.3 Å². The van der Waals surface area contributed by atoms with Crippen molar-refractivity contribution in [3.8, 4) is 6.07 Å². The van der Waals surface area contributed by atoms with Crippen LogP contribution in [0.4, 0.5) is 9.18 Å². The molecule has 0 radical (unpaired) electrons. The molecule has 1 aromatic heterocycles. The van der Waals surface area contributed by atoms with Crippen LogP contribution >= 0.6 is 0 Å². The maximum absolute atomic E-state index is 14.6. The first-order valence-electron chi connectivity index (χ1n) is 10.1. The summed E-state index contributed by atoms with van der Waals surface area (Å²) >= 11 is 0. The molecular formula is C22H27FN4O3. The van der Waals surface area contributed by atoms with Crippen LogP contribution in [0.25, 0.3) is 10.9 Å². The van der Waals surface area contributed by atoms with Crippen molar-refractivity contribution in [2.24, 2.45) is 0 Å². The van der Waals surface area contributed by atoms with Gasteiger partial charge in [-0.25, -0.2) is 9.18 Å². The fraction of sp³-hybridized carbons (Fsp3) is 0.500. The largest absolute Gasteiger partial charge is 0.444 e. The van der Waals surface area contributed by atoms with Gasteiger partial charge in [0, 0.05) is 32.2 Å². The molecule has 160 valence electrons. The van der Waals surface area contributed by atoms with Crippen LogP contribution in [-0.2, 0) is 11.3 Å². The minimum Gasteiger partial charge on any atom is -0.444 e. The number of fused-ring (bicyclic) bond motifs is 1. The first-order valence-corrected chi connectivity index (χ1v) is 10.1. The van der Waals surface area contributed by atoms with Crippen LogP contribution in [-0.4, -0.2) is 53.0 Å². The Labute approximate surface area is 175 Å². The molecule has 0 spiro atoms. The molecule has 1 aliphatic heterocycles. The molecule has 3 rings (SSSR count). The van der Waals surface area contributed by atoms with Gasteiger partial charge in [0.15, 0.2) is 0 Å². The van der Waals surface area contributed by atoms with Gasteiger partial charge in [-0.3, -0.25) is 9.69 Å². The molecule has 0 unspecified atom stereocenters. The van der Waals surface area contributed by atoms with E-state index in [-0.39, 0.29) is 12.1 Å². The lowest BCUT2D eigenvalue weighted by atomic mass is 10.0. The Morgan fingerprint density at radius 3 is 2.70 bits per heavy atom. The van der Waals surface area contributed by atoms with Gasteiger partial charge in [-0.05, 0) is 50.8 Å². The highest BCUT2D eigenvalue weighted by Gasteiger charge is 2.31. The van der Waals surface area contributed by atoms with Crippen LogP contribution in [0.15, 0.2) is 35.1 Å². The molecule has 1 aromatic carbocycles. The van der Waals surface area contributed by atoms with E-state index in [1.54, 1.807) is 43.5 Å². The topological polar surface area (TPSA) is 87.4 Å². The summed E-state index contributed by atoms with van der Waals surface area (Å²) in [4.78, 5) is 26.2. The number of piperidine rings is 1. The summed E-state index contributed by atoms with van der Waals surface area (Å²) in [6, 6.07) is 9.97. The molecule has 2 heterocycles. The molecule has 1 amide bonds. The summed E-state index contributed by atoms with van der Waals surface area (Å²) in [5.74, 6) is 0. The standard InChI is InChI=1S/C22H27FN4O3/c1-22(2,3)30-21(29)25-18-8-9-26(14-17(18)23)10-11-27-19-12-15(13-24)4-5-16(19)6-7-20(27)28/h4-7,12,17-18H,8-11,14H2,1-3H3,(H,25,29)/t17-,18+/m1/s1. The molecule has 30 heavy (non-hydrogen) atoms. The second-order valence-corrected chi connectivity index (χ2v) is 8.57. The van der Waals surface area contributed by atoms with Crippen molar-refractivity contribution < 1.29 is 13.9 Å². The van der Waals surface area contributed by atoms with Gasteiger partial charge in [-0.2, -0.15) is 5.26 Å². The Bertz CT molecular complexity index is 1020. The lowest BCUT2D eigenvalue weighted by Gasteiger charge is -2.35. The van der Waals surface area contributed by atoms with Crippen LogP contribution in [0.2, 0.25) is 0 Å². The Hall–Kier alpha value is -2.92. The van der Waals surface area contributed by atoms with Gasteiger partial charge in [0.05, 0.1) is 23.2 Å². The second kappa shape index (κ2) is 8.84. The van der Waals surface area contributed by atoms with E-state index in [1.807, 2.05) is 11.0 Å². The number of alkyl halides is 1. The van der Waals surface area contributed by atoms with Gasteiger partial charge in [-0.15, -0.1) is 0 Å². The van der Waals surface area contributed by atoms with Gasteiger partial charge < -0.3 is 14.6 Å². The van der Waals surface area contributed by atoms with Crippen LogP contribution in [0.5, 0.6) is 0 Å². The maximum atomic E-state index is 14.6. The van der Waals surface area contributed by atoms with Crippen molar-refractivity contribution >= 4 is 17.0 Å². The van der Waals surface area contributed by atoms with E-state index >= 15 is 0 Å². The van der Waals surface area contributed by atoms with Crippen molar-refractivity contribution in [2.75, 3.05) is 19.6 Å². The third-order valence-electron chi connectivity index (χ3n) is 5.09. The highest BCUT2D eigenvalue weighted by atomic mass is 19.1. The van der Waals surface area contributed by atoms with Crippen LogP contribution < -0.4 is 10.9 Å². The first-order chi connectivity index (χ1) is 14.2. The van der Waals surface area contributed by atoms with E-state index in [9.17, 15) is 14.0 Å². The molecule has 1 fully saturated rings. The molecule has 0 aliphatic carbocycles. The van der Waals surface area contributed by atoms with Crippen molar-refractivity contribution in [2.45, 2.75) is 51.6 Å². The summed E-state index contributed by atoms with van der Waals surface area (Å²) < 4.78 is 21.5. The van der Waals surface area contributed by atoms with E-state index < -0.39 is 23.9 Å². The number of halogens is 1. The summed E-state index contributed by atoms with van der Waals surface area (Å²) in [7, 11) is 0. The number of hydrogen-bond donors (Lipinski definition) is 1. The normalized spacial score (nSPS) is 20.0. The molecular weight excluding hydrogens is 387 g/mol. The smallest absolute Gasteiger partial charge is 0.407 e. The average molecular weight is 414 g/mol. The predicted octanol–water partition coefficient (Wildman–Crippen LogP) is 2.81. The quantitative estimate of drug-likeness (QED) is 0.831. The Morgan fingerprint density at radius 2 is 2.03 bits per heavy atom. The summed E-state index contributed by atoms with van der Waals surface area (Å²) in [5, 5.41) is 12.6. The summed E-state index contributed by atoms with van der Waals surface area (Å²) in [5.41, 5.74) is 0.392. The number of benzene rings is 1. The number of nitriles is 1. The van der Waals surface area contributed by atoms with Gasteiger partial charge in [0.1, 0.15) is 11.8 Å². The molecule has 1 saturated heterocycles. The van der Waals surface area contributed by atoms with Crippen molar-refractivity contribution in [3.05, 3.63) is 46.2 Å². The molecule has 7 nitrogen and oxygen atoms in total. The van der Waals surface area contributed by atoms with Gasteiger partial charge in [0.2, 0.25) is 0 Å². The minimum atomic E-state index is -1.22. The number of hydrogen-bond acceptors (Lipinski definition) is 5. The zero-order chi connectivity index (χ0) is 21.9. The third kappa shape index (κ3) is 5.36. The number of rotatable bonds is 4. The molecule has 0 bridgehead atoms. The number of alkyl carbamates (subject to hydrolysis) is 1. The molecule has 2 atom stereocenters. The van der Waals surface area contributed by atoms with Crippen LogP contribution in [0.1, 0.15) is 32.8 Å². The number of pyridine rings is 1. The van der Waals surface area contributed by atoms with E-state index in [1.165, 1.54) is 6.07 Å².